The molecule has 0 spiro atoms. The van der Waals surface area contributed by atoms with Crippen LogP contribution < -0.4 is 13.7 Å². The molecule has 124 valence electrons. The molecule has 0 saturated heterocycles. The van der Waals surface area contributed by atoms with Crippen molar-refractivity contribution in [3.8, 4) is 17.2 Å². The van der Waals surface area contributed by atoms with Crippen LogP contribution in [0.3, 0.4) is 0 Å². The second-order valence-electron chi connectivity index (χ2n) is 4.94. The number of halogens is 1. The molecule has 0 unspecified atom stereocenters. The molecule has 0 bridgehead atoms. The van der Waals surface area contributed by atoms with Gasteiger partial charge >= 0.3 is 10.1 Å². The van der Waals surface area contributed by atoms with Gasteiger partial charge in [-0.3, -0.25) is 0 Å². The van der Waals surface area contributed by atoms with Gasteiger partial charge in [-0.15, -0.1) is 0 Å². The summed E-state index contributed by atoms with van der Waals surface area (Å²) in [6.45, 7) is 3.62. The third-order valence-corrected chi connectivity index (χ3v) is 4.80. The number of ether oxygens (including phenoxy) is 2. The van der Waals surface area contributed by atoms with Crippen molar-refractivity contribution in [2.75, 3.05) is 14.2 Å². The van der Waals surface area contributed by atoms with Crippen molar-refractivity contribution in [1.29, 1.82) is 0 Å². The summed E-state index contributed by atoms with van der Waals surface area (Å²) in [6, 6.07) is 7.98. The molecule has 2 aromatic carbocycles. The topological polar surface area (TPSA) is 61.8 Å². The third-order valence-electron chi connectivity index (χ3n) is 3.25. The second kappa shape index (κ2) is 6.68. The first-order valence-corrected chi connectivity index (χ1v) is 8.50. The molecule has 2 aromatic rings. The summed E-state index contributed by atoms with van der Waals surface area (Å²) >= 11 is 6.00. The standard InChI is InChI=1S/C16H17ClO5S/c1-10-5-6-11(2)13(7-10)22-23(18,19)16-9-14(20-3)12(17)8-15(16)21-4/h5-9H,1-4H3. The summed E-state index contributed by atoms with van der Waals surface area (Å²) in [4.78, 5) is -0.151. The van der Waals surface area contributed by atoms with Crippen molar-refractivity contribution in [1.82, 2.24) is 0 Å². The molecule has 2 rings (SSSR count). The van der Waals surface area contributed by atoms with Crippen molar-refractivity contribution in [3.05, 3.63) is 46.5 Å². The summed E-state index contributed by atoms with van der Waals surface area (Å²) in [5.74, 6) is 0.567. The smallest absolute Gasteiger partial charge is 0.343 e. The third kappa shape index (κ3) is 3.71. The van der Waals surface area contributed by atoms with Crippen LogP contribution in [0.25, 0.3) is 0 Å². The Bertz CT molecular complexity index is 831. The molecule has 0 heterocycles. The minimum absolute atomic E-state index is 0.0844. The molecule has 0 aliphatic rings. The van der Waals surface area contributed by atoms with Gasteiger partial charge in [-0.25, -0.2) is 0 Å². The van der Waals surface area contributed by atoms with Gasteiger partial charge in [-0.05, 0) is 31.0 Å². The van der Waals surface area contributed by atoms with E-state index in [1.807, 2.05) is 13.0 Å². The van der Waals surface area contributed by atoms with Crippen LogP contribution >= 0.6 is 11.6 Å². The van der Waals surface area contributed by atoms with E-state index in [2.05, 4.69) is 0 Å². The first-order valence-electron chi connectivity index (χ1n) is 6.71. The molecule has 0 N–H and O–H groups in total. The Hall–Kier alpha value is -1.92. The van der Waals surface area contributed by atoms with Crippen LogP contribution in [-0.2, 0) is 10.1 Å². The van der Waals surface area contributed by atoms with E-state index in [1.54, 1.807) is 19.1 Å². The highest BCUT2D eigenvalue weighted by atomic mass is 35.5. The highest BCUT2D eigenvalue weighted by Crippen LogP contribution is 2.36. The Kier molecular flexibility index (Phi) is 5.06. The van der Waals surface area contributed by atoms with Crippen LogP contribution in [0, 0.1) is 13.8 Å². The van der Waals surface area contributed by atoms with Crippen LogP contribution in [-0.4, -0.2) is 22.6 Å². The molecule has 5 nitrogen and oxygen atoms in total. The molecule has 0 aliphatic carbocycles. The molecular formula is C16H17ClO5S. The maximum atomic E-state index is 12.6. The zero-order valence-electron chi connectivity index (χ0n) is 13.2. The number of aryl methyl sites for hydroxylation is 2. The normalized spacial score (nSPS) is 11.2. The average Bonchev–Trinajstić information content (AvgIpc) is 2.50. The molecule has 0 aromatic heterocycles. The number of benzene rings is 2. The lowest BCUT2D eigenvalue weighted by Crippen LogP contribution is -2.12. The lowest BCUT2D eigenvalue weighted by molar-refractivity contribution is 0.388. The van der Waals surface area contributed by atoms with Gasteiger partial charge in [-0.2, -0.15) is 8.42 Å². The number of rotatable bonds is 5. The van der Waals surface area contributed by atoms with Crippen LogP contribution in [0.5, 0.6) is 17.2 Å². The maximum absolute atomic E-state index is 12.6. The number of hydrogen-bond acceptors (Lipinski definition) is 5. The highest BCUT2D eigenvalue weighted by Gasteiger charge is 2.25. The largest absolute Gasteiger partial charge is 0.495 e. The van der Waals surface area contributed by atoms with Crippen LogP contribution in [0.4, 0.5) is 0 Å². The van der Waals surface area contributed by atoms with Gasteiger partial charge in [0.15, 0.2) is 4.90 Å². The predicted octanol–water partition coefficient (Wildman–Crippen LogP) is 3.74. The minimum Gasteiger partial charge on any atom is -0.495 e. The molecule has 0 saturated carbocycles. The lowest BCUT2D eigenvalue weighted by Gasteiger charge is -2.14. The van der Waals surface area contributed by atoms with Crippen molar-refractivity contribution >= 4 is 21.7 Å². The Labute approximate surface area is 140 Å². The van der Waals surface area contributed by atoms with E-state index in [-0.39, 0.29) is 27.2 Å². The zero-order chi connectivity index (χ0) is 17.2. The SMILES string of the molecule is COc1cc(S(=O)(=O)Oc2cc(C)ccc2C)c(OC)cc1Cl. The van der Waals surface area contributed by atoms with Crippen molar-refractivity contribution < 1.29 is 22.1 Å². The first kappa shape index (κ1) is 17.4. The van der Waals surface area contributed by atoms with E-state index in [0.29, 0.717) is 5.56 Å². The predicted molar refractivity (Wildman–Crippen MR) is 88.3 cm³/mol. The van der Waals surface area contributed by atoms with Gasteiger partial charge < -0.3 is 13.7 Å². The highest BCUT2D eigenvalue weighted by molar-refractivity contribution is 7.87. The van der Waals surface area contributed by atoms with Crippen LogP contribution in [0.1, 0.15) is 11.1 Å². The molecule has 0 radical (unpaired) electrons. The minimum atomic E-state index is -4.11. The lowest BCUT2D eigenvalue weighted by atomic mass is 10.1. The molecule has 23 heavy (non-hydrogen) atoms. The molecule has 0 aliphatic heterocycles. The second-order valence-corrected chi connectivity index (χ2v) is 6.87. The maximum Gasteiger partial charge on any atom is 0.343 e. The van der Waals surface area contributed by atoms with Gasteiger partial charge in [0, 0.05) is 12.1 Å². The van der Waals surface area contributed by atoms with Crippen LogP contribution in [0.2, 0.25) is 5.02 Å². The van der Waals surface area contributed by atoms with Gasteiger partial charge in [0.25, 0.3) is 0 Å². The van der Waals surface area contributed by atoms with E-state index in [9.17, 15) is 8.42 Å². The Morgan fingerprint density at radius 2 is 1.57 bits per heavy atom. The Morgan fingerprint density at radius 1 is 0.913 bits per heavy atom. The summed E-state index contributed by atoms with van der Waals surface area (Å²) in [5.41, 5.74) is 1.60. The first-order chi connectivity index (χ1) is 10.8. The van der Waals surface area contributed by atoms with Gasteiger partial charge in [0.2, 0.25) is 0 Å². The molecule has 0 fully saturated rings. The summed E-state index contributed by atoms with van der Waals surface area (Å²) in [5, 5.41) is 0.245. The van der Waals surface area contributed by atoms with Crippen molar-refractivity contribution in [2.24, 2.45) is 0 Å². The summed E-state index contributed by atoms with van der Waals surface area (Å²) in [6.07, 6.45) is 0. The van der Waals surface area contributed by atoms with E-state index in [4.69, 9.17) is 25.3 Å². The molecular weight excluding hydrogens is 340 g/mol. The monoisotopic (exact) mass is 356 g/mol. The van der Waals surface area contributed by atoms with Crippen LogP contribution in [0.15, 0.2) is 35.2 Å². The van der Waals surface area contributed by atoms with Gasteiger partial charge in [0.05, 0.1) is 19.2 Å². The van der Waals surface area contributed by atoms with E-state index >= 15 is 0 Å². The van der Waals surface area contributed by atoms with Gasteiger partial charge in [-0.1, -0.05) is 23.7 Å². The number of methoxy groups -OCH3 is 2. The zero-order valence-corrected chi connectivity index (χ0v) is 14.8. The average molecular weight is 357 g/mol. The fourth-order valence-corrected chi connectivity index (χ4v) is 3.36. The Morgan fingerprint density at radius 3 is 2.17 bits per heavy atom. The molecule has 7 heteroatoms. The van der Waals surface area contributed by atoms with E-state index < -0.39 is 10.1 Å². The Balaban J connectivity index is 2.53. The summed E-state index contributed by atoms with van der Waals surface area (Å²) in [7, 11) is -1.35. The summed E-state index contributed by atoms with van der Waals surface area (Å²) < 4.78 is 40.7. The van der Waals surface area contributed by atoms with Gasteiger partial charge in [0.1, 0.15) is 17.2 Å². The molecule has 0 atom stereocenters. The quantitative estimate of drug-likeness (QED) is 0.764. The van der Waals surface area contributed by atoms with E-state index in [1.165, 1.54) is 26.4 Å². The van der Waals surface area contributed by atoms with E-state index in [0.717, 1.165) is 5.56 Å². The van der Waals surface area contributed by atoms with Crippen molar-refractivity contribution in [2.45, 2.75) is 18.7 Å². The fraction of sp³-hybridized carbons (Fsp3) is 0.250. The fourth-order valence-electron chi connectivity index (χ4n) is 1.99. The molecule has 0 amide bonds. The van der Waals surface area contributed by atoms with Crippen molar-refractivity contribution in [3.63, 3.8) is 0 Å². The number of hydrogen-bond donors (Lipinski definition) is 0.